The van der Waals surface area contributed by atoms with Crippen molar-refractivity contribution in [1.82, 2.24) is 14.9 Å². The van der Waals surface area contributed by atoms with E-state index in [0.717, 1.165) is 70.3 Å². The summed E-state index contributed by atoms with van der Waals surface area (Å²) in [6.07, 6.45) is 3.68. The number of nitrogens with one attached hydrogen (secondary N) is 1. The second-order valence-corrected chi connectivity index (χ2v) is 8.31. The number of hydrogen-bond acceptors (Lipinski definition) is 7. The fraction of sp³-hybridized carbons (Fsp3) is 0.542. The Bertz CT molecular complexity index is 880. The van der Waals surface area contributed by atoms with Crippen LogP contribution in [0.25, 0.3) is 0 Å². The second-order valence-electron chi connectivity index (χ2n) is 8.31. The van der Waals surface area contributed by atoms with Crippen LogP contribution in [-0.2, 0) is 9.53 Å². The summed E-state index contributed by atoms with van der Waals surface area (Å²) in [5, 5.41) is 3.39. The Morgan fingerprint density at radius 1 is 1.09 bits per heavy atom. The van der Waals surface area contributed by atoms with Gasteiger partial charge in [0.1, 0.15) is 5.82 Å². The molecule has 8 heteroatoms. The van der Waals surface area contributed by atoms with Gasteiger partial charge in [0.05, 0.1) is 19.1 Å². The number of amides is 1. The first-order valence-electron chi connectivity index (χ1n) is 11.7. The number of benzene rings is 1. The quantitative estimate of drug-likeness (QED) is 0.712. The van der Waals surface area contributed by atoms with Crippen molar-refractivity contribution in [2.75, 3.05) is 67.6 Å². The summed E-state index contributed by atoms with van der Waals surface area (Å²) >= 11 is 0. The van der Waals surface area contributed by atoms with Gasteiger partial charge in [-0.2, -0.15) is 4.98 Å². The highest BCUT2D eigenvalue weighted by Crippen LogP contribution is 2.25. The predicted octanol–water partition coefficient (Wildman–Crippen LogP) is 3.14. The lowest BCUT2D eigenvalue weighted by Gasteiger charge is -2.34. The van der Waals surface area contributed by atoms with Gasteiger partial charge in [0, 0.05) is 56.8 Å². The molecule has 1 unspecified atom stereocenters. The van der Waals surface area contributed by atoms with Crippen LogP contribution >= 0.6 is 0 Å². The molecule has 0 aliphatic carbocycles. The van der Waals surface area contributed by atoms with Crippen molar-refractivity contribution in [3.05, 3.63) is 36.5 Å². The van der Waals surface area contributed by atoms with Crippen LogP contribution in [-0.4, -0.2) is 73.3 Å². The maximum atomic E-state index is 12.8. The van der Waals surface area contributed by atoms with Gasteiger partial charge in [0.25, 0.3) is 0 Å². The number of hydrogen-bond donors (Lipinski definition) is 1. The number of rotatable bonds is 7. The van der Waals surface area contributed by atoms with Crippen molar-refractivity contribution in [3.8, 4) is 0 Å². The molecule has 0 spiro atoms. The molecule has 0 radical (unpaired) electrons. The lowest BCUT2D eigenvalue weighted by Crippen LogP contribution is -2.45. The molecule has 1 amide bonds. The molecular weight excluding hydrogens is 404 g/mol. The topological polar surface area (TPSA) is 73.8 Å². The lowest BCUT2D eigenvalue weighted by molar-refractivity contribution is -0.135. The SMILES string of the molecule is CCN(CC)C(=O)C1CCCN(c2nccc(Nc3ccc(N4CCOCC4)cc3)n2)C1. The summed E-state index contributed by atoms with van der Waals surface area (Å²) in [4.78, 5) is 28.4. The first kappa shape index (κ1) is 22.3. The van der Waals surface area contributed by atoms with Gasteiger partial charge in [0.15, 0.2) is 0 Å². The number of carbonyl (C=O) groups is 1. The van der Waals surface area contributed by atoms with Crippen LogP contribution in [0.5, 0.6) is 0 Å². The minimum absolute atomic E-state index is 0.0107. The highest BCUT2D eigenvalue weighted by molar-refractivity contribution is 5.79. The molecule has 2 aliphatic heterocycles. The molecule has 3 heterocycles. The molecule has 2 fully saturated rings. The van der Waals surface area contributed by atoms with E-state index in [1.54, 1.807) is 6.20 Å². The van der Waals surface area contributed by atoms with Gasteiger partial charge in [-0.1, -0.05) is 0 Å². The predicted molar refractivity (Wildman–Crippen MR) is 128 cm³/mol. The zero-order chi connectivity index (χ0) is 22.3. The Hall–Kier alpha value is -2.87. The molecule has 4 rings (SSSR count). The largest absolute Gasteiger partial charge is 0.378 e. The van der Waals surface area contributed by atoms with E-state index in [0.29, 0.717) is 12.5 Å². The van der Waals surface area contributed by atoms with E-state index in [-0.39, 0.29) is 11.8 Å². The van der Waals surface area contributed by atoms with Crippen molar-refractivity contribution in [2.45, 2.75) is 26.7 Å². The van der Waals surface area contributed by atoms with E-state index in [1.165, 1.54) is 5.69 Å². The maximum Gasteiger partial charge on any atom is 0.227 e. The molecule has 2 saturated heterocycles. The molecule has 1 aromatic carbocycles. The molecular formula is C24H34N6O2. The lowest BCUT2D eigenvalue weighted by atomic mass is 9.96. The highest BCUT2D eigenvalue weighted by Gasteiger charge is 2.29. The molecule has 1 atom stereocenters. The Labute approximate surface area is 190 Å². The number of ether oxygens (including phenoxy) is 1. The fourth-order valence-corrected chi connectivity index (χ4v) is 4.45. The van der Waals surface area contributed by atoms with Gasteiger partial charge in [-0.25, -0.2) is 4.98 Å². The third-order valence-corrected chi connectivity index (χ3v) is 6.29. The number of carbonyl (C=O) groups excluding carboxylic acids is 1. The van der Waals surface area contributed by atoms with Crippen molar-refractivity contribution < 1.29 is 9.53 Å². The van der Waals surface area contributed by atoms with Crippen LogP contribution in [0.3, 0.4) is 0 Å². The van der Waals surface area contributed by atoms with Gasteiger partial charge in [-0.3, -0.25) is 4.79 Å². The first-order chi connectivity index (χ1) is 15.7. The minimum atomic E-state index is 0.0107. The van der Waals surface area contributed by atoms with E-state index in [2.05, 4.69) is 44.4 Å². The van der Waals surface area contributed by atoms with E-state index in [4.69, 9.17) is 9.72 Å². The Balaban J connectivity index is 1.40. The number of morpholine rings is 1. The second kappa shape index (κ2) is 10.6. The van der Waals surface area contributed by atoms with Gasteiger partial charge in [-0.15, -0.1) is 0 Å². The van der Waals surface area contributed by atoms with Gasteiger partial charge >= 0.3 is 0 Å². The van der Waals surface area contributed by atoms with Crippen LogP contribution in [0.2, 0.25) is 0 Å². The molecule has 8 nitrogen and oxygen atoms in total. The minimum Gasteiger partial charge on any atom is -0.378 e. The Kier molecular flexibility index (Phi) is 7.42. The summed E-state index contributed by atoms with van der Waals surface area (Å²) in [7, 11) is 0. The van der Waals surface area contributed by atoms with Crippen molar-refractivity contribution in [1.29, 1.82) is 0 Å². The van der Waals surface area contributed by atoms with Gasteiger partial charge in [-0.05, 0) is 57.0 Å². The summed E-state index contributed by atoms with van der Waals surface area (Å²) < 4.78 is 5.43. The summed E-state index contributed by atoms with van der Waals surface area (Å²) in [5.74, 6) is 1.69. The fourth-order valence-electron chi connectivity index (χ4n) is 4.45. The zero-order valence-electron chi connectivity index (χ0n) is 19.2. The summed E-state index contributed by atoms with van der Waals surface area (Å²) in [6, 6.07) is 10.3. The zero-order valence-corrected chi connectivity index (χ0v) is 19.2. The van der Waals surface area contributed by atoms with E-state index in [1.807, 2.05) is 24.8 Å². The van der Waals surface area contributed by atoms with E-state index in [9.17, 15) is 4.79 Å². The van der Waals surface area contributed by atoms with Crippen LogP contribution in [0.15, 0.2) is 36.5 Å². The standard InChI is InChI=1S/C24H34N6O2/c1-3-28(4-2)23(31)19-6-5-13-30(18-19)24-25-12-11-22(27-24)26-20-7-9-21(10-8-20)29-14-16-32-17-15-29/h7-12,19H,3-6,13-18H2,1-2H3,(H,25,26,27). The molecule has 0 saturated carbocycles. The van der Waals surface area contributed by atoms with E-state index >= 15 is 0 Å². The molecule has 2 aromatic rings. The van der Waals surface area contributed by atoms with E-state index < -0.39 is 0 Å². The first-order valence-corrected chi connectivity index (χ1v) is 11.7. The molecule has 32 heavy (non-hydrogen) atoms. The third-order valence-electron chi connectivity index (χ3n) is 6.29. The molecule has 1 aromatic heterocycles. The Morgan fingerprint density at radius 3 is 2.56 bits per heavy atom. The number of anilines is 4. The van der Waals surface area contributed by atoms with Gasteiger partial charge in [0.2, 0.25) is 11.9 Å². The average molecular weight is 439 g/mol. The maximum absolute atomic E-state index is 12.8. The molecule has 2 aliphatic rings. The third kappa shape index (κ3) is 5.30. The van der Waals surface area contributed by atoms with Crippen LogP contribution in [0.4, 0.5) is 23.1 Å². The highest BCUT2D eigenvalue weighted by atomic mass is 16.5. The van der Waals surface area contributed by atoms with Crippen molar-refractivity contribution in [3.63, 3.8) is 0 Å². The summed E-state index contributed by atoms with van der Waals surface area (Å²) in [5.41, 5.74) is 2.19. The average Bonchev–Trinajstić information content (AvgIpc) is 2.86. The normalized spacial score (nSPS) is 19.0. The molecule has 1 N–H and O–H groups in total. The van der Waals surface area contributed by atoms with Crippen molar-refractivity contribution >= 4 is 29.0 Å². The van der Waals surface area contributed by atoms with Gasteiger partial charge < -0.3 is 24.8 Å². The van der Waals surface area contributed by atoms with Crippen LogP contribution in [0, 0.1) is 5.92 Å². The van der Waals surface area contributed by atoms with Crippen LogP contribution in [0.1, 0.15) is 26.7 Å². The van der Waals surface area contributed by atoms with Crippen LogP contribution < -0.4 is 15.1 Å². The number of aromatic nitrogens is 2. The molecule has 172 valence electrons. The molecule has 0 bridgehead atoms. The number of piperidine rings is 1. The van der Waals surface area contributed by atoms with Crippen molar-refractivity contribution in [2.24, 2.45) is 5.92 Å². The smallest absolute Gasteiger partial charge is 0.227 e. The number of nitrogens with zero attached hydrogens (tertiary/aromatic N) is 5. The Morgan fingerprint density at radius 2 is 1.84 bits per heavy atom. The summed E-state index contributed by atoms with van der Waals surface area (Å²) in [6.45, 7) is 10.5. The monoisotopic (exact) mass is 438 g/mol.